The maximum atomic E-state index is 10.8. The van der Waals surface area contributed by atoms with Gasteiger partial charge in [0.25, 0.3) is 0 Å². The largest absolute Gasteiger partial charge is 0.478 e. The molecular weight excluding hydrogens is 304 g/mol. The highest BCUT2D eigenvalue weighted by Crippen LogP contribution is 2.42. The summed E-state index contributed by atoms with van der Waals surface area (Å²) in [4.78, 5) is 10.8. The topological polar surface area (TPSA) is 82.2 Å². The Labute approximate surface area is 140 Å². The van der Waals surface area contributed by atoms with Crippen LogP contribution in [0.5, 0.6) is 0 Å². The summed E-state index contributed by atoms with van der Waals surface area (Å²) < 4.78 is 0. The zero-order valence-corrected chi connectivity index (χ0v) is 13.7. The van der Waals surface area contributed by atoms with E-state index in [1.165, 1.54) is 12.1 Å². The molecule has 1 aliphatic rings. The molecule has 0 fully saturated rings. The van der Waals surface area contributed by atoms with E-state index in [2.05, 4.69) is 24.1 Å². The zero-order valence-electron chi connectivity index (χ0n) is 13.7. The summed E-state index contributed by atoms with van der Waals surface area (Å²) in [6, 6.07) is 12.0. The van der Waals surface area contributed by atoms with Crippen LogP contribution < -0.4 is 0 Å². The number of rotatable bonds is 3. The van der Waals surface area contributed by atoms with Crippen LogP contribution in [0.4, 0.5) is 11.4 Å². The van der Waals surface area contributed by atoms with Crippen LogP contribution in [0, 0.1) is 0 Å². The van der Waals surface area contributed by atoms with Crippen molar-refractivity contribution >= 4 is 17.3 Å². The van der Waals surface area contributed by atoms with Crippen LogP contribution in [-0.4, -0.2) is 16.2 Å². The number of nitrogens with zero attached hydrogens (tertiary/aromatic N) is 2. The monoisotopic (exact) mass is 324 g/mol. The Balaban J connectivity index is 1.86. The highest BCUT2D eigenvalue weighted by Gasteiger charge is 2.31. The molecule has 3 rings (SSSR count). The van der Waals surface area contributed by atoms with Crippen molar-refractivity contribution in [1.29, 1.82) is 0 Å². The van der Waals surface area contributed by atoms with Crippen molar-refractivity contribution in [3.05, 3.63) is 59.2 Å². The third kappa shape index (κ3) is 3.21. The van der Waals surface area contributed by atoms with E-state index >= 15 is 0 Å². The molecule has 0 saturated carbocycles. The van der Waals surface area contributed by atoms with Crippen LogP contribution in [0.25, 0.3) is 0 Å². The molecule has 124 valence electrons. The van der Waals surface area contributed by atoms with E-state index in [1.54, 1.807) is 12.1 Å². The first-order valence-corrected chi connectivity index (χ1v) is 7.94. The second-order valence-electron chi connectivity index (χ2n) is 6.76. The van der Waals surface area contributed by atoms with Gasteiger partial charge in [-0.1, -0.05) is 19.9 Å². The number of azo groups is 1. The normalized spacial score (nSPS) is 19.2. The standard InChI is InChI=1S/C19H20N2O3/c1-19(2)10-9-17(22)15-11-14(7-8-16(15)19)21-20-13-5-3-12(4-6-13)18(23)24/h3-8,11,17,22H,9-10H2,1-2H3,(H,23,24). The van der Waals surface area contributed by atoms with E-state index < -0.39 is 12.1 Å². The van der Waals surface area contributed by atoms with Crippen LogP contribution in [0.2, 0.25) is 0 Å². The number of hydrogen-bond acceptors (Lipinski definition) is 4. The molecule has 0 heterocycles. The maximum absolute atomic E-state index is 10.8. The first-order valence-electron chi connectivity index (χ1n) is 7.94. The predicted octanol–water partition coefficient (Wildman–Crippen LogP) is 4.91. The molecule has 0 aliphatic heterocycles. The van der Waals surface area contributed by atoms with Gasteiger partial charge in [0.15, 0.2) is 0 Å². The van der Waals surface area contributed by atoms with Crippen molar-refractivity contribution < 1.29 is 15.0 Å². The molecule has 5 nitrogen and oxygen atoms in total. The van der Waals surface area contributed by atoms with Crippen LogP contribution >= 0.6 is 0 Å². The molecule has 1 atom stereocenters. The number of fused-ring (bicyclic) bond motifs is 1. The van der Waals surface area contributed by atoms with E-state index in [0.717, 1.165) is 24.0 Å². The molecule has 2 aromatic rings. The van der Waals surface area contributed by atoms with Crippen molar-refractivity contribution in [1.82, 2.24) is 0 Å². The molecule has 0 bridgehead atoms. The van der Waals surface area contributed by atoms with Gasteiger partial charge in [-0.15, -0.1) is 0 Å². The van der Waals surface area contributed by atoms with Gasteiger partial charge >= 0.3 is 5.97 Å². The third-order valence-electron chi connectivity index (χ3n) is 4.56. The van der Waals surface area contributed by atoms with E-state index in [1.807, 2.05) is 18.2 Å². The number of carbonyl (C=O) groups is 1. The second-order valence-corrected chi connectivity index (χ2v) is 6.76. The molecular formula is C19H20N2O3. The smallest absolute Gasteiger partial charge is 0.335 e. The number of carboxylic acid groups (broad SMARTS) is 1. The number of benzene rings is 2. The summed E-state index contributed by atoms with van der Waals surface area (Å²) >= 11 is 0. The van der Waals surface area contributed by atoms with E-state index in [0.29, 0.717) is 11.4 Å². The van der Waals surface area contributed by atoms with Gasteiger partial charge in [-0.2, -0.15) is 10.2 Å². The van der Waals surface area contributed by atoms with E-state index in [4.69, 9.17) is 5.11 Å². The molecule has 2 aromatic carbocycles. The van der Waals surface area contributed by atoms with E-state index in [9.17, 15) is 9.90 Å². The summed E-state index contributed by atoms with van der Waals surface area (Å²) in [6.45, 7) is 4.37. The summed E-state index contributed by atoms with van der Waals surface area (Å²) in [6.07, 6.45) is 1.24. The second kappa shape index (κ2) is 6.17. The van der Waals surface area contributed by atoms with Gasteiger partial charge in [-0.3, -0.25) is 0 Å². The Morgan fingerprint density at radius 1 is 1.08 bits per heavy atom. The Hall–Kier alpha value is -2.53. The van der Waals surface area contributed by atoms with Crippen LogP contribution in [0.1, 0.15) is 54.3 Å². The Morgan fingerprint density at radius 3 is 2.38 bits per heavy atom. The van der Waals surface area contributed by atoms with Crippen LogP contribution in [0.3, 0.4) is 0 Å². The lowest BCUT2D eigenvalue weighted by atomic mass is 9.72. The summed E-state index contributed by atoms with van der Waals surface area (Å²) in [5, 5.41) is 27.5. The lowest BCUT2D eigenvalue weighted by Gasteiger charge is -2.35. The van der Waals surface area contributed by atoms with Crippen molar-refractivity contribution in [2.24, 2.45) is 10.2 Å². The van der Waals surface area contributed by atoms with Crippen molar-refractivity contribution in [2.45, 2.75) is 38.2 Å². The Morgan fingerprint density at radius 2 is 1.71 bits per heavy atom. The average molecular weight is 324 g/mol. The lowest BCUT2D eigenvalue weighted by molar-refractivity contribution is 0.0697. The average Bonchev–Trinajstić information content (AvgIpc) is 2.57. The first-order chi connectivity index (χ1) is 11.4. The molecule has 1 aliphatic carbocycles. The van der Waals surface area contributed by atoms with Gasteiger partial charge < -0.3 is 10.2 Å². The minimum absolute atomic E-state index is 0.0525. The molecule has 5 heteroatoms. The number of aromatic carboxylic acids is 1. The van der Waals surface area contributed by atoms with Gasteiger partial charge in [-0.05, 0) is 65.8 Å². The molecule has 2 N–H and O–H groups in total. The molecule has 1 unspecified atom stereocenters. The van der Waals surface area contributed by atoms with E-state index in [-0.39, 0.29) is 11.0 Å². The number of aliphatic hydroxyl groups excluding tert-OH is 1. The first kappa shape index (κ1) is 16.3. The number of hydrogen-bond donors (Lipinski definition) is 2. The van der Waals surface area contributed by atoms with Crippen LogP contribution in [-0.2, 0) is 5.41 Å². The maximum Gasteiger partial charge on any atom is 0.335 e. The number of carboxylic acids is 1. The van der Waals surface area contributed by atoms with Crippen molar-refractivity contribution in [2.75, 3.05) is 0 Å². The molecule has 24 heavy (non-hydrogen) atoms. The fraction of sp³-hybridized carbons (Fsp3) is 0.316. The molecule has 0 saturated heterocycles. The fourth-order valence-corrected chi connectivity index (χ4v) is 3.08. The Bertz CT molecular complexity index is 795. The van der Waals surface area contributed by atoms with Crippen LogP contribution in [0.15, 0.2) is 52.7 Å². The van der Waals surface area contributed by atoms with Gasteiger partial charge in [0.2, 0.25) is 0 Å². The van der Waals surface area contributed by atoms with Gasteiger partial charge in [0, 0.05) is 0 Å². The third-order valence-corrected chi connectivity index (χ3v) is 4.56. The molecule has 0 radical (unpaired) electrons. The summed E-state index contributed by atoms with van der Waals surface area (Å²) in [5.74, 6) is -0.968. The zero-order chi connectivity index (χ0) is 17.3. The molecule has 0 aromatic heterocycles. The highest BCUT2D eigenvalue weighted by atomic mass is 16.4. The van der Waals surface area contributed by atoms with Crippen molar-refractivity contribution in [3.8, 4) is 0 Å². The highest BCUT2D eigenvalue weighted by molar-refractivity contribution is 5.87. The van der Waals surface area contributed by atoms with Gasteiger partial charge in [0.05, 0.1) is 23.0 Å². The quantitative estimate of drug-likeness (QED) is 0.787. The van der Waals surface area contributed by atoms with Gasteiger partial charge in [0.1, 0.15) is 0 Å². The molecule has 0 amide bonds. The lowest BCUT2D eigenvalue weighted by Crippen LogP contribution is -2.26. The Kier molecular flexibility index (Phi) is 4.20. The van der Waals surface area contributed by atoms with Crippen molar-refractivity contribution in [3.63, 3.8) is 0 Å². The fourth-order valence-electron chi connectivity index (χ4n) is 3.08. The minimum Gasteiger partial charge on any atom is -0.478 e. The number of aliphatic hydroxyl groups is 1. The SMILES string of the molecule is CC1(C)CCC(O)c2cc(N=Nc3ccc(C(=O)O)cc3)ccc21. The van der Waals surface area contributed by atoms with Gasteiger partial charge in [-0.25, -0.2) is 4.79 Å². The summed E-state index contributed by atoms with van der Waals surface area (Å²) in [7, 11) is 0. The predicted molar refractivity (Wildman–Crippen MR) is 91.2 cm³/mol. The molecule has 0 spiro atoms. The summed E-state index contributed by atoms with van der Waals surface area (Å²) in [5.41, 5.74) is 3.60. The minimum atomic E-state index is -0.968.